The van der Waals surface area contributed by atoms with Crippen molar-refractivity contribution in [1.82, 2.24) is 25.2 Å². The highest BCUT2D eigenvalue weighted by Crippen LogP contribution is 2.21. The third kappa shape index (κ3) is 4.09. The number of hydrogen-bond acceptors (Lipinski definition) is 4. The van der Waals surface area contributed by atoms with Crippen LogP contribution in [0.3, 0.4) is 0 Å². The molecule has 0 saturated carbocycles. The molecule has 0 saturated heterocycles. The zero-order valence-electron chi connectivity index (χ0n) is 15.5. The van der Waals surface area contributed by atoms with Gasteiger partial charge in [0.1, 0.15) is 5.69 Å². The second kappa shape index (κ2) is 7.27. The van der Waals surface area contributed by atoms with Crippen LogP contribution in [0.4, 0.5) is 0 Å². The van der Waals surface area contributed by atoms with E-state index in [1.807, 2.05) is 37.5 Å². The summed E-state index contributed by atoms with van der Waals surface area (Å²) in [5.74, 6) is -0.178. The van der Waals surface area contributed by atoms with E-state index in [1.165, 1.54) is 0 Å². The summed E-state index contributed by atoms with van der Waals surface area (Å²) < 4.78 is 1.89. The molecule has 1 aliphatic heterocycles. The molecule has 2 N–H and O–H groups in total. The number of nitrogens with zero attached hydrogens (tertiary/aromatic N) is 3. The van der Waals surface area contributed by atoms with E-state index in [1.54, 1.807) is 12.4 Å². The zero-order chi connectivity index (χ0) is 18.7. The molecule has 0 aliphatic carbocycles. The summed E-state index contributed by atoms with van der Waals surface area (Å²) in [6, 6.07) is 3.73. The molecule has 1 aliphatic rings. The predicted molar refractivity (Wildman–Crippen MR) is 97.8 cm³/mol. The van der Waals surface area contributed by atoms with Crippen LogP contribution in [0.15, 0.2) is 24.5 Å². The van der Waals surface area contributed by atoms with Gasteiger partial charge in [0.2, 0.25) is 0 Å². The van der Waals surface area contributed by atoms with Crippen molar-refractivity contribution in [3.05, 3.63) is 47.3 Å². The first-order valence-electron chi connectivity index (χ1n) is 8.94. The molecule has 0 aromatic carbocycles. The molecule has 7 heteroatoms. The topological polar surface area (TPSA) is 88.9 Å². The van der Waals surface area contributed by atoms with Gasteiger partial charge >= 0.3 is 0 Å². The molecule has 0 spiro atoms. The molecule has 0 unspecified atom stereocenters. The summed E-state index contributed by atoms with van der Waals surface area (Å²) in [7, 11) is 0. The van der Waals surface area contributed by atoms with Crippen LogP contribution in [0.1, 0.15) is 66.0 Å². The lowest BCUT2D eigenvalue weighted by Crippen LogP contribution is -2.42. The maximum Gasteiger partial charge on any atom is 0.287 e. The highest BCUT2D eigenvalue weighted by molar-refractivity contribution is 5.97. The van der Waals surface area contributed by atoms with Crippen LogP contribution in [0, 0.1) is 0 Å². The first-order chi connectivity index (χ1) is 12.3. The Kier molecular flexibility index (Phi) is 5.06. The van der Waals surface area contributed by atoms with Crippen molar-refractivity contribution in [2.24, 2.45) is 0 Å². The number of fused-ring (bicyclic) bond motifs is 1. The Morgan fingerprint density at radius 3 is 2.73 bits per heavy atom. The number of pyridine rings is 1. The molecule has 138 valence electrons. The molecule has 7 nitrogen and oxygen atoms in total. The van der Waals surface area contributed by atoms with E-state index in [0.717, 1.165) is 30.5 Å². The summed E-state index contributed by atoms with van der Waals surface area (Å²) in [4.78, 5) is 33.7. The van der Waals surface area contributed by atoms with Crippen molar-refractivity contribution < 1.29 is 9.59 Å². The molecule has 0 fully saturated rings. The van der Waals surface area contributed by atoms with Gasteiger partial charge in [-0.2, -0.15) is 0 Å². The number of carbonyl (C=O) groups is 2. The first-order valence-corrected chi connectivity index (χ1v) is 8.94. The predicted octanol–water partition coefficient (Wildman–Crippen LogP) is 2.07. The number of amides is 2. The van der Waals surface area contributed by atoms with E-state index < -0.39 is 0 Å². The van der Waals surface area contributed by atoms with Gasteiger partial charge in [-0.3, -0.25) is 14.6 Å². The lowest BCUT2D eigenvalue weighted by molar-refractivity contribution is 0.0903. The van der Waals surface area contributed by atoms with Crippen LogP contribution in [0.5, 0.6) is 0 Å². The molecule has 3 rings (SSSR count). The lowest BCUT2D eigenvalue weighted by atomic mass is 10.1. The van der Waals surface area contributed by atoms with E-state index in [-0.39, 0.29) is 17.4 Å². The van der Waals surface area contributed by atoms with E-state index in [0.29, 0.717) is 24.6 Å². The van der Waals surface area contributed by atoms with Crippen LogP contribution in [-0.4, -0.2) is 31.9 Å². The fourth-order valence-corrected chi connectivity index (χ4v) is 3.06. The van der Waals surface area contributed by atoms with Crippen LogP contribution < -0.4 is 10.6 Å². The maximum absolute atomic E-state index is 12.7. The van der Waals surface area contributed by atoms with Crippen molar-refractivity contribution in [3.8, 4) is 0 Å². The molecular weight excluding hydrogens is 330 g/mol. The normalized spacial score (nSPS) is 13.8. The molecule has 3 heterocycles. The Balaban J connectivity index is 1.82. The van der Waals surface area contributed by atoms with Crippen LogP contribution >= 0.6 is 0 Å². The first kappa shape index (κ1) is 18.1. The van der Waals surface area contributed by atoms with Crippen LogP contribution in [0.25, 0.3) is 0 Å². The van der Waals surface area contributed by atoms with Gasteiger partial charge < -0.3 is 15.2 Å². The lowest BCUT2D eigenvalue weighted by Gasteiger charge is -2.22. The maximum atomic E-state index is 12.7. The highest BCUT2D eigenvalue weighted by atomic mass is 16.2. The Labute approximate surface area is 153 Å². The molecule has 2 aromatic rings. The van der Waals surface area contributed by atoms with Gasteiger partial charge in [0.15, 0.2) is 5.82 Å². The standard InChI is InChI=1S/C19H25N5O2/c1-19(2,3)23-18(26)16-22-15(14-8-4-5-10-24(14)16)17(25)21-12-13-7-6-9-20-11-13/h6-7,9,11H,4-5,8,10,12H2,1-3H3,(H,21,25)(H,23,26). The Morgan fingerprint density at radius 1 is 1.23 bits per heavy atom. The zero-order valence-corrected chi connectivity index (χ0v) is 15.5. The number of carbonyl (C=O) groups excluding carboxylic acids is 2. The second-order valence-electron chi connectivity index (χ2n) is 7.59. The molecule has 2 aromatic heterocycles. The van der Waals surface area contributed by atoms with Gasteiger partial charge in [-0.25, -0.2) is 4.98 Å². The third-order valence-corrected chi connectivity index (χ3v) is 4.20. The minimum Gasteiger partial charge on any atom is -0.347 e. The van der Waals surface area contributed by atoms with Crippen molar-refractivity contribution >= 4 is 11.8 Å². The fourth-order valence-electron chi connectivity index (χ4n) is 3.06. The van der Waals surface area contributed by atoms with Crippen LogP contribution in [0.2, 0.25) is 0 Å². The Bertz CT molecular complexity index is 805. The third-order valence-electron chi connectivity index (χ3n) is 4.20. The van der Waals surface area contributed by atoms with E-state index >= 15 is 0 Å². The van der Waals surface area contributed by atoms with Gasteiger partial charge in [-0.15, -0.1) is 0 Å². The van der Waals surface area contributed by atoms with Crippen molar-refractivity contribution in [2.75, 3.05) is 0 Å². The van der Waals surface area contributed by atoms with Crippen molar-refractivity contribution in [1.29, 1.82) is 0 Å². The van der Waals surface area contributed by atoms with E-state index in [9.17, 15) is 9.59 Å². The molecule has 0 bridgehead atoms. The highest BCUT2D eigenvalue weighted by Gasteiger charge is 2.28. The number of rotatable bonds is 4. The summed E-state index contributed by atoms with van der Waals surface area (Å²) in [6.45, 7) is 6.86. The SMILES string of the molecule is CC(C)(C)NC(=O)c1nc(C(=O)NCc2cccnc2)c2n1CCCC2. The number of imidazole rings is 1. The summed E-state index contributed by atoms with van der Waals surface area (Å²) >= 11 is 0. The van der Waals surface area contributed by atoms with Crippen LogP contribution in [-0.2, 0) is 19.5 Å². The van der Waals surface area contributed by atoms with Gasteiger partial charge in [0, 0.05) is 31.0 Å². The van der Waals surface area contributed by atoms with Gasteiger partial charge in [0.05, 0.1) is 5.69 Å². The minimum atomic E-state index is -0.360. The number of hydrogen-bond donors (Lipinski definition) is 2. The van der Waals surface area contributed by atoms with Gasteiger partial charge in [0.25, 0.3) is 11.8 Å². The number of aromatic nitrogens is 3. The summed E-state index contributed by atoms with van der Waals surface area (Å²) in [5.41, 5.74) is 1.76. The molecule has 26 heavy (non-hydrogen) atoms. The fraction of sp³-hybridized carbons (Fsp3) is 0.474. The molecular formula is C19H25N5O2. The monoisotopic (exact) mass is 355 g/mol. The van der Waals surface area contributed by atoms with E-state index in [2.05, 4.69) is 20.6 Å². The van der Waals surface area contributed by atoms with E-state index in [4.69, 9.17) is 0 Å². The average molecular weight is 355 g/mol. The quantitative estimate of drug-likeness (QED) is 0.879. The smallest absolute Gasteiger partial charge is 0.287 e. The largest absolute Gasteiger partial charge is 0.347 e. The second-order valence-corrected chi connectivity index (χ2v) is 7.59. The summed E-state index contributed by atoms with van der Waals surface area (Å²) in [6.07, 6.45) is 6.14. The molecule has 0 radical (unpaired) electrons. The minimum absolute atomic E-state index is 0.244. The molecule has 2 amide bonds. The van der Waals surface area contributed by atoms with Gasteiger partial charge in [-0.05, 0) is 51.7 Å². The molecule has 0 atom stereocenters. The van der Waals surface area contributed by atoms with Gasteiger partial charge in [-0.1, -0.05) is 6.07 Å². The van der Waals surface area contributed by atoms with Crippen molar-refractivity contribution in [2.45, 2.75) is 58.7 Å². The average Bonchev–Trinajstić information content (AvgIpc) is 2.99. The van der Waals surface area contributed by atoms with Crippen molar-refractivity contribution in [3.63, 3.8) is 0 Å². The summed E-state index contributed by atoms with van der Waals surface area (Å²) in [5, 5.41) is 5.81. The Morgan fingerprint density at radius 2 is 2.04 bits per heavy atom. The number of nitrogens with one attached hydrogen (secondary N) is 2. The Hall–Kier alpha value is -2.70.